The zero-order chi connectivity index (χ0) is 17.4. The molecule has 1 aromatic carbocycles. The van der Waals surface area contributed by atoms with Crippen LogP contribution in [0.25, 0.3) is 0 Å². The van der Waals surface area contributed by atoms with Crippen molar-refractivity contribution in [2.24, 2.45) is 5.10 Å². The third-order valence-electron chi connectivity index (χ3n) is 4.77. The lowest BCUT2D eigenvalue weighted by Crippen LogP contribution is -2.34. The van der Waals surface area contributed by atoms with Crippen molar-refractivity contribution in [2.75, 3.05) is 23.4 Å². The Labute approximate surface area is 145 Å². The molecule has 7 heteroatoms. The van der Waals surface area contributed by atoms with Crippen LogP contribution in [0.15, 0.2) is 22.0 Å². The third kappa shape index (κ3) is 2.97. The summed E-state index contributed by atoms with van der Waals surface area (Å²) in [6.45, 7) is 3.89. The number of nitrogens with zero attached hydrogens (tertiary/aromatic N) is 3. The lowest BCUT2D eigenvalue weighted by molar-refractivity contribution is 0.461. The molecule has 3 heterocycles. The van der Waals surface area contributed by atoms with Crippen molar-refractivity contribution in [3.05, 3.63) is 44.9 Å². The monoisotopic (exact) mass is 339 g/mol. The van der Waals surface area contributed by atoms with Gasteiger partial charge in [0.05, 0.1) is 6.21 Å². The van der Waals surface area contributed by atoms with Crippen molar-refractivity contribution >= 4 is 17.9 Å². The molecule has 2 aromatic rings. The van der Waals surface area contributed by atoms with Gasteiger partial charge in [0.1, 0.15) is 5.75 Å². The lowest BCUT2D eigenvalue weighted by Gasteiger charge is -2.37. The first-order chi connectivity index (χ1) is 12.1. The molecule has 0 aliphatic carbocycles. The van der Waals surface area contributed by atoms with Crippen LogP contribution in [0.5, 0.6) is 5.75 Å². The highest BCUT2D eigenvalue weighted by Crippen LogP contribution is 2.41. The summed E-state index contributed by atoms with van der Waals surface area (Å²) >= 11 is 0. The Kier molecular flexibility index (Phi) is 3.91. The van der Waals surface area contributed by atoms with Gasteiger partial charge in [-0.3, -0.25) is 9.78 Å². The molecular formula is C18H21N5O2. The first kappa shape index (κ1) is 15.7. The van der Waals surface area contributed by atoms with Crippen LogP contribution < -0.4 is 15.9 Å². The van der Waals surface area contributed by atoms with E-state index in [0.29, 0.717) is 17.0 Å². The second kappa shape index (κ2) is 6.23. The molecule has 0 amide bonds. The zero-order valence-corrected chi connectivity index (χ0v) is 14.2. The highest BCUT2D eigenvalue weighted by atomic mass is 16.3. The molecule has 2 aliphatic heterocycles. The first-order valence-corrected chi connectivity index (χ1v) is 8.61. The van der Waals surface area contributed by atoms with Crippen molar-refractivity contribution < 1.29 is 5.11 Å². The first-order valence-electron chi connectivity index (χ1n) is 8.61. The Morgan fingerprint density at radius 2 is 2.12 bits per heavy atom. The van der Waals surface area contributed by atoms with Gasteiger partial charge in [-0.25, -0.2) is 10.4 Å². The van der Waals surface area contributed by atoms with E-state index in [1.165, 1.54) is 17.3 Å². The van der Waals surface area contributed by atoms with E-state index < -0.39 is 0 Å². The van der Waals surface area contributed by atoms with E-state index in [2.05, 4.69) is 25.4 Å². The number of aromatic nitrogens is 2. The molecule has 0 radical (unpaired) electrons. The molecule has 0 fully saturated rings. The summed E-state index contributed by atoms with van der Waals surface area (Å²) in [5.41, 5.74) is 7.34. The Balaban J connectivity index is 1.63. The van der Waals surface area contributed by atoms with E-state index >= 15 is 0 Å². The third-order valence-corrected chi connectivity index (χ3v) is 4.77. The second-order valence-corrected chi connectivity index (χ2v) is 6.60. The number of phenols is 1. The van der Waals surface area contributed by atoms with Crippen LogP contribution in [0.2, 0.25) is 0 Å². The van der Waals surface area contributed by atoms with Gasteiger partial charge in [0.2, 0.25) is 5.95 Å². The van der Waals surface area contributed by atoms with Gasteiger partial charge in [-0.15, -0.1) is 0 Å². The number of H-pyrrole nitrogens is 1. The van der Waals surface area contributed by atoms with Gasteiger partial charge >= 0.3 is 0 Å². The van der Waals surface area contributed by atoms with E-state index in [4.69, 9.17) is 0 Å². The maximum Gasteiger partial charge on any atom is 0.252 e. The number of phenolic OH excluding ortho intramolecular Hbond substituents is 1. The van der Waals surface area contributed by atoms with Gasteiger partial charge in [0, 0.05) is 41.7 Å². The van der Waals surface area contributed by atoms with Crippen molar-refractivity contribution in [1.29, 1.82) is 0 Å². The van der Waals surface area contributed by atoms with E-state index in [0.717, 1.165) is 44.3 Å². The van der Waals surface area contributed by atoms with Gasteiger partial charge in [0.25, 0.3) is 5.56 Å². The molecule has 7 nitrogen and oxygen atoms in total. The highest BCUT2D eigenvalue weighted by molar-refractivity contribution is 5.88. The van der Waals surface area contributed by atoms with Crippen LogP contribution in [-0.2, 0) is 12.8 Å². The number of nitrogens with one attached hydrogen (secondary N) is 2. The summed E-state index contributed by atoms with van der Waals surface area (Å²) in [6.07, 6.45) is 5.71. The predicted octanol–water partition coefficient (Wildman–Crippen LogP) is 1.93. The van der Waals surface area contributed by atoms with Crippen molar-refractivity contribution in [3.8, 4) is 5.75 Å². The van der Waals surface area contributed by atoms with Crippen LogP contribution in [-0.4, -0.2) is 34.4 Å². The molecule has 0 atom stereocenters. The quantitative estimate of drug-likeness (QED) is 0.587. The minimum absolute atomic E-state index is 0.230. The molecule has 0 saturated heterocycles. The van der Waals surface area contributed by atoms with Crippen LogP contribution in [0.4, 0.5) is 11.6 Å². The summed E-state index contributed by atoms with van der Waals surface area (Å²) in [5, 5.41) is 14.8. The summed E-state index contributed by atoms with van der Waals surface area (Å²) in [4.78, 5) is 20.6. The Hall–Kier alpha value is -2.83. The SMILES string of the molecule is Cc1cc(=O)[nH]c(N/N=C/c2cc3c4c(c2O)CCCN4CCC3)n1. The topological polar surface area (TPSA) is 93.6 Å². The van der Waals surface area contributed by atoms with Crippen molar-refractivity contribution in [3.63, 3.8) is 0 Å². The average Bonchev–Trinajstić information content (AvgIpc) is 2.58. The molecule has 2 aliphatic rings. The largest absolute Gasteiger partial charge is 0.507 e. The molecule has 0 unspecified atom stereocenters. The molecule has 0 bridgehead atoms. The number of aromatic hydroxyl groups is 1. The number of hydrazone groups is 1. The van der Waals surface area contributed by atoms with Gasteiger partial charge in [0.15, 0.2) is 0 Å². The van der Waals surface area contributed by atoms with Crippen LogP contribution in [0.1, 0.15) is 35.2 Å². The van der Waals surface area contributed by atoms with Crippen molar-refractivity contribution in [1.82, 2.24) is 9.97 Å². The normalized spacial score (nSPS) is 16.1. The standard InChI is InChI=1S/C18H21N5O2/c1-11-8-15(24)21-18(20-11)22-19-10-13-9-12-4-2-6-23-7-3-5-14(16(12)23)17(13)25/h8-10,25H,2-7H2,1H3,(H2,20,21,22,24)/b19-10+. The molecule has 4 rings (SSSR count). The number of hydrogen-bond donors (Lipinski definition) is 3. The smallest absolute Gasteiger partial charge is 0.252 e. The molecule has 25 heavy (non-hydrogen) atoms. The number of aromatic amines is 1. The van der Waals surface area contributed by atoms with Crippen LogP contribution in [0.3, 0.4) is 0 Å². The zero-order valence-electron chi connectivity index (χ0n) is 14.2. The highest BCUT2D eigenvalue weighted by Gasteiger charge is 2.27. The summed E-state index contributed by atoms with van der Waals surface area (Å²) < 4.78 is 0. The average molecular weight is 339 g/mol. The minimum atomic E-state index is -0.230. The maximum atomic E-state index is 11.4. The van der Waals surface area contributed by atoms with E-state index in [9.17, 15) is 9.90 Å². The summed E-state index contributed by atoms with van der Waals surface area (Å²) in [6, 6.07) is 3.43. The summed E-state index contributed by atoms with van der Waals surface area (Å²) in [5.74, 6) is 0.591. The van der Waals surface area contributed by atoms with E-state index in [1.807, 2.05) is 6.07 Å². The fraction of sp³-hybridized carbons (Fsp3) is 0.389. The number of rotatable bonds is 3. The molecule has 0 saturated carbocycles. The molecular weight excluding hydrogens is 318 g/mol. The van der Waals surface area contributed by atoms with E-state index in [1.54, 1.807) is 13.1 Å². The fourth-order valence-corrected chi connectivity index (χ4v) is 3.76. The summed E-state index contributed by atoms with van der Waals surface area (Å²) in [7, 11) is 0. The van der Waals surface area contributed by atoms with Gasteiger partial charge in [-0.2, -0.15) is 5.10 Å². The van der Waals surface area contributed by atoms with E-state index in [-0.39, 0.29) is 11.5 Å². The molecule has 0 spiro atoms. The Bertz CT molecular complexity index is 901. The number of benzene rings is 1. The number of hydrogen-bond acceptors (Lipinski definition) is 6. The van der Waals surface area contributed by atoms with Crippen LogP contribution >= 0.6 is 0 Å². The predicted molar refractivity (Wildman–Crippen MR) is 97.8 cm³/mol. The second-order valence-electron chi connectivity index (χ2n) is 6.60. The molecule has 130 valence electrons. The van der Waals surface area contributed by atoms with Gasteiger partial charge in [-0.1, -0.05) is 0 Å². The van der Waals surface area contributed by atoms with Gasteiger partial charge < -0.3 is 10.0 Å². The van der Waals surface area contributed by atoms with Gasteiger partial charge in [-0.05, 0) is 44.2 Å². The molecule has 1 aromatic heterocycles. The van der Waals surface area contributed by atoms with Crippen molar-refractivity contribution in [2.45, 2.75) is 32.6 Å². The van der Waals surface area contributed by atoms with Crippen LogP contribution in [0, 0.1) is 6.92 Å². The Morgan fingerprint density at radius 1 is 1.32 bits per heavy atom. The number of aryl methyl sites for hydroxylation is 2. The fourth-order valence-electron chi connectivity index (χ4n) is 3.76. The Morgan fingerprint density at radius 3 is 2.92 bits per heavy atom. The lowest BCUT2D eigenvalue weighted by atomic mass is 9.89. The minimum Gasteiger partial charge on any atom is -0.507 e. The molecule has 3 N–H and O–H groups in total. The maximum absolute atomic E-state index is 11.4. The number of anilines is 2.